The second kappa shape index (κ2) is 15.6. The van der Waals surface area contributed by atoms with Gasteiger partial charge in [0, 0.05) is 75.6 Å². The normalized spacial score (nSPS) is 13.0. The number of hydrogen-bond donors (Lipinski definition) is 0. The Hall–Kier alpha value is -2.70. The van der Waals surface area contributed by atoms with Crippen molar-refractivity contribution in [1.29, 1.82) is 0 Å². The maximum absolute atomic E-state index is 12.7. The fourth-order valence-electron chi connectivity index (χ4n) is 4.49. The highest BCUT2D eigenvalue weighted by atomic mass is 16.1. The van der Waals surface area contributed by atoms with Crippen LogP contribution >= 0.6 is 0 Å². The summed E-state index contributed by atoms with van der Waals surface area (Å²) in [5.74, 6) is 0.409. The van der Waals surface area contributed by atoms with Gasteiger partial charge in [0.05, 0.1) is 0 Å². The van der Waals surface area contributed by atoms with E-state index in [4.69, 9.17) is 0 Å². The Labute approximate surface area is 231 Å². The van der Waals surface area contributed by atoms with Gasteiger partial charge in [0.25, 0.3) is 0 Å². The molecule has 2 unspecified atom stereocenters. The number of benzene rings is 2. The smallest absolute Gasteiger partial charge is 0.164 e. The molecule has 2 aromatic rings. The van der Waals surface area contributed by atoms with Crippen molar-refractivity contribution in [2.24, 2.45) is 0 Å². The molecule has 0 amide bonds. The van der Waals surface area contributed by atoms with E-state index in [2.05, 4.69) is 37.7 Å². The lowest BCUT2D eigenvalue weighted by Gasteiger charge is -2.25. The van der Waals surface area contributed by atoms with Gasteiger partial charge in [-0.3, -0.25) is 9.59 Å². The first-order chi connectivity index (χ1) is 18.0. The first-order valence-corrected chi connectivity index (χ1v) is 14.0. The Kier molecular flexibility index (Phi) is 13.0. The molecule has 6 heteroatoms. The summed E-state index contributed by atoms with van der Waals surface area (Å²) in [5, 5.41) is 0. The SMILES string of the molecule is CC(CC(=O)c1ccc(N(C)C)cc1)N(C)CCCCCCN(C)C(C)CC(=O)c1ccc(N(C)C)cc1. The molecule has 38 heavy (non-hydrogen) atoms. The van der Waals surface area contributed by atoms with Gasteiger partial charge in [-0.2, -0.15) is 0 Å². The lowest BCUT2D eigenvalue weighted by molar-refractivity contribution is 0.0931. The predicted octanol–water partition coefficient (Wildman–Crippen LogP) is 5.87. The number of carbonyl (C=O) groups is 2. The van der Waals surface area contributed by atoms with E-state index in [1.165, 1.54) is 12.8 Å². The molecule has 0 radical (unpaired) electrons. The molecule has 0 N–H and O–H groups in total. The zero-order valence-electron chi connectivity index (χ0n) is 25.0. The zero-order valence-corrected chi connectivity index (χ0v) is 25.0. The molecule has 0 bridgehead atoms. The average Bonchev–Trinajstić information content (AvgIpc) is 2.90. The molecule has 0 spiro atoms. The van der Waals surface area contributed by atoms with Gasteiger partial charge in [0.15, 0.2) is 11.6 Å². The monoisotopic (exact) mass is 522 g/mol. The van der Waals surface area contributed by atoms with E-state index in [-0.39, 0.29) is 23.7 Å². The summed E-state index contributed by atoms with van der Waals surface area (Å²) >= 11 is 0. The second-order valence-electron chi connectivity index (χ2n) is 11.2. The van der Waals surface area contributed by atoms with E-state index < -0.39 is 0 Å². The van der Waals surface area contributed by atoms with Crippen LogP contribution in [0, 0.1) is 0 Å². The topological polar surface area (TPSA) is 47.1 Å². The first-order valence-electron chi connectivity index (χ1n) is 14.0. The predicted molar refractivity (Wildman–Crippen MR) is 162 cm³/mol. The summed E-state index contributed by atoms with van der Waals surface area (Å²) in [5.41, 5.74) is 3.79. The van der Waals surface area contributed by atoms with E-state index in [9.17, 15) is 9.59 Å². The second-order valence-corrected chi connectivity index (χ2v) is 11.2. The fraction of sp³-hybridized carbons (Fsp3) is 0.562. The van der Waals surface area contributed by atoms with Crippen molar-refractivity contribution < 1.29 is 9.59 Å². The summed E-state index contributed by atoms with van der Waals surface area (Å²) < 4.78 is 0. The number of ketones is 2. The molecule has 2 aromatic carbocycles. The number of rotatable bonds is 17. The number of anilines is 2. The largest absolute Gasteiger partial charge is 0.378 e. The van der Waals surface area contributed by atoms with Crippen LogP contribution in [0.4, 0.5) is 11.4 Å². The average molecular weight is 523 g/mol. The highest BCUT2D eigenvalue weighted by molar-refractivity contribution is 5.97. The van der Waals surface area contributed by atoms with Crippen LogP contribution in [-0.2, 0) is 0 Å². The van der Waals surface area contributed by atoms with E-state index in [0.29, 0.717) is 12.8 Å². The van der Waals surface area contributed by atoms with Crippen molar-refractivity contribution in [2.45, 2.75) is 64.5 Å². The molecule has 6 nitrogen and oxygen atoms in total. The van der Waals surface area contributed by atoms with Crippen LogP contribution < -0.4 is 9.80 Å². The van der Waals surface area contributed by atoms with Crippen LogP contribution in [0.25, 0.3) is 0 Å². The Morgan fingerprint density at radius 3 is 1.16 bits per heavy atom. The van der Waals surface area contributed by atoms with Gasteiger partial charge in [-0.05, 0) is 102 Å². The Bertz CT molecular complexity index is 904. The molecule has 0 heterocycles. The maximum Gasteiger partial charge on any atom is 0.164 e. The van der Waals surface area contributed by atoms with E-state index >= 15 is 0 Å². The van der Waals surface area contributed by atoms with E-state index in [1.54, 1.807) is 0 Å². The summed E-state index contributed by atoms with van der Waals surface area (Å²) in [6.07, 6.45) is 5.70. The molecule has 0 aromatic heterocycles. The summed E-state index contributed by atoms with van der Waals surface area (Å²) in [6, 6.07) is 16.2. The molecular formula is C32H50N4O2. The number of unbranched alkanes of at least 4 members (excludes halogenated alkanes) is 3. The van der Waals surface area contributed by atoms with Crippen molar-refractivity contribution in [3.63, 3.8) is 0 Å². The lowest BCUT2D eigenvalue weighted by atomic mass is 10.0. The number of Topliss-reactive ketones (excluding diaryl/α,β-unsaturated/α-hetero) is 2. The van der Waals surface area contributed by atoms with Gasteiger partial charge in [-0.1, -0.05) is 12.8 Å². The van der Waals surface area contributed by atoms with Gasteiger partial charge in [-0.15, -0.1) is 0 Å². The van der Waals surface area contributed by atoms with Crippen LogP contribution in [0.1, 0.15) is 73.1 Å². The van der Waals surface area contributed by atoms with Crippen molar-refractivity contribution in [1.82, 2.24) is 9.80 Å². The Balaban J connectivity index is 1.62. The Morgan fingerprint density at radius 1 is 0.553 bits per heavy atom. The number of hydrogen-bond acceptors (Lipinski definition) is 6. The van der Waals surface area contributed by atoms with Gasteiger partial charge < -0.3 is 19.6 Å². The van der Waals surface area contributed by atoms with Crippen molar-refractivity contribution >= 4 is 22.9 Å². The van der Waals surface area contributed by atoms with Crippen LogP contribution in [0.2, 0.25) is 0 Å². The Morgan fingerprint density at radius 2 is 0.868 bits per heavy atom. The zero-order chi connectivity index (χ0) is 28.2. The molecule has 0 fully saturated rings. The third kappa shape index (κ3) is 10.2. The lowest BCUT2D eigenvalue weighted by Crippen LogP contribution is -2.32. The van der Waals surface area contributed by atoms with E-state index in [1.807, 2.05) is 86.5 Å². The van der Waals surface area contributed by atoms with E-state index in [0.717, 1.165) is 48.4 Å². The van der Waals surface area contributed by atoms with Crippen molar-refractivity contribution in [2.75, 3.05) is 65.2 Å². The molecule has 2 rings (SSSR count). The molecule has 0 saturated heterocycles. The molecule has 0 aliphatic rings. The van der Waals surface area contributed by atoms with Crippen molar-refractivity contribution in [3.05, 3.63) is 59.7 Å². The van der Waals surface area contributed by atoms with Crippen LogP contribution in [0.3, 0.4) is 0 Å². The number of carbonyl (C=O) groups excluding carboxylic acids is 2. The van der Waals surface area contributed by atoms with Crippen LogP contribution in [-0.4, -0.2) is 88.8 Å². The van der Waals surface area contributed by atoms with Crippen LogP contribution in [0.15, 0.2) is 48.5 Å². The maximum atomic E-state index is 12.7. The summed E-state index contributed by atoms with van der Waals surface area (Å²) in [4.78, 5) is 34.1. The van der Waals surface area contributed by atoms with Gasteiger partial charge in [0.1, 0.15) is 0 Å². The first kappa shape index (κ1) is 31.5. The van der Waals surface area contributed by atoms with Gasteiger partial charge >= 0.3 is 0 Å². The minimum atomic E-state index is 0.205. The molecule has 210 valence electrons. The minimum absolute atomic E-state index is 0.205. The molecule has 0 aliphatic heterocycles. The third-order valence-electron chi connectivity index (χ3n) is 7.65. The third-order valence-corrected chi connectivity index (χ3v) is 7.65. The summed E-state index contributed by atoms with van der Waals surface area (Å²) in [6.45, 7) is 6.28. The molecule has 0 saturated carbocycles. The highest BCUT2D eigenvalue weighted by Crippen LogP contribution is 2.17. The molecule has 0 aliphatic carbocycles. The van der Waals surface area contributed by atoms with Crippen molar-refractivity contribution in [3.8, 4) is 0 Å². The highest BCUT2D eigenvalue weighted by Gasteiger charge is 2.17. The van der Waals surface area contributed by atoms with Crippen LogP contribution in [0.5, 0.6) is 0 Å². The quantitative estimate of drug-likeness (QED) is 0.191. The van der Waals surface area contributed by atoms with Gasteiger partial charge in [0.2, 0.25) is 0 Å². The summed E-state index contributed by atoms with van der Waals surface area (Å²) in [7, 11) is 12.2. The fourth-order valence-corrected chi connectivity index (χ4v) is 4.49. The molecular weight excluding hydrogens is 472 g/mol. The molecule has 2 atom stereocenters. The number of nitrogens with zero attached hydrogens (tertiary/aromatic N) is 4. The minimum Gasteiger partial charge on any atom is -0.378 e. The van der Waals surface area contributed by atoms with Gasteiger partial charge in [-0.25, -0.2) is 0 Å². The standard InChI is InChI=1S/C32H50N4O2/c1-25(23-31(37)27-13-17-29(18-14-27)33(3)4)35(7)21-11-9-10-12-22-36(8)26(2)24-32(38)28-15-19-30(20-16-28)34(5)6/h13-20,25-26H,9-12,21-24H2,1-8H3.